The van der Waals surface area contributed by atoms with Crippen LogP contribution in [0.2, 0.25) is 0 Å². The SMILES string of the molecule is CC(=O)N[C@@H](Cc1ccccc1)C(=O)NCCCO. The van der Waals surface area contributed by atoms with Gasteiger partial charge in [-0.25, -0.2) is 0 Å². The van der Waals surface area contributed by atoms with E-state index >= 15 is 0 Å². The van der Waals surface area contributed by atoms with Crippen molar-refractivity contribution in [2.75, 3.05) is 13.2 Å². The molecule has 1 atom stereocenters. The van der Waals surface area contributed by atoms with Crippen LogP contribution in [0.4, 0.5) is 0 Å². The van der Waals surface area contributed by atoms with Crippen molar-refractivity contribution in [2.45, 2.75) is 25.8 Å². The molecule has 1 aromatic carbocycles. The standard InChI is InChI=1S/C14H20N2O3/c1-11(18)16-13(14(19)15-8-5-9-17)10-12-6-3-2-4-7-12/h2-4,6-7,13,17H,5,8-10H2,1H3,(H,15,19)(H,16,18)/t13-/m0/s1. The molecule has 0 aliphatic carbocycles. The lowest BCUT2D eigenvalue weighted by atomic mass is 10.1. The molecule has 1 aromatic rings. The van der Waals surface area contributed by atoms with Crippen molar-refractivity contribution in [3.8, 4) is 0 Å². The van der Waals surface area contributed by atoms with Crippen molar-refractivity contribution in [1.82, 2.24) is 10.6 Å². The third-order valence-corrected chi connectivity index (χ3v) is 2.61. The Balaban J connectivity index is 2.60. The number of rotatable bonds is 7. The maximum absolute atomic E-state index is 12.0. The van der Waals surface area contributed by atoms with E-state index in [4.69, 9.17) is 5.11 Å². The fraction of sp³-hybridized carbons (Fsp3) is 0.429. The second-order valence-electron chi connectivity index (χ2n) is 4.31. The Bertz CT molecular complexity index is 406. The Morgan fingerprint density at radius 1 is 1.26 bits per heavy atom. The summed E-state index contributed by atoms with van der Waals surface area (Å²) in [6.07, 6.45) is 0.954. The lowest BCUT2D eigenvalue weighted by molar-refractivity contribution is -0.128. The fourth-order valence-corrected chi connectivity index (χ4v) is 1.72. The minimum atomic E-state index is -0.585. The molecular formula is C14H20N2O3. The summed E-state index contributed by atoms with van der Waals surface area (Å²) in [7, 11) is 0. The van der Waals surface area contributed by atoms with Gasteiger partial charge in [-0.15, -0.1) is 0 Å². The maximum Gasteiger partial charge on any atom is 0.242 e. The van der Waals surface area contributed by atoms with E-state index < -0.39 is 6.04 Å². The highest BCUT2D eigenvalue weighted by molar-refractivity contribution is 5.87. The first kappa shape index (κ1) is 15.2. The molecule has 0 radical (unpaired) electrons. The van der Waals surface area contributed by atoms with E-state index in [1.165, 1.54) is 6.92 Å². The smallest absolute Gasteiger partial charge is 0.242 e. The largest absolute Gasteiger partial charge is 0.396 e. The van der Waals surface area contributed by atoms with Crippen LogP contribution in [0, 0.1) is 0 Å². The topological polar surface area (TPSA) is 78.4 Å². The Hall–Kier alpha value is -1.88. The summed E-state index contributed by atoms with van der Waals surface area (Å²) in [5.41, 5.74) is 0.985. The van der Waals surface area contributed by atoms with Crippen molar-refractivity contribution in [2.24, 2.45) is 0 Å². The number of hydrogen-bond donors (Lipinski definition) is 3. The number of benzene rings is 1. The highest BCUT2D eigenvalue weighted by Gasteiger charge is 2.19. The number of carbonyl (C=O) groups excluding carboxylic acids is 2. The average molecular weight is 264 g/mol. The Kier molecular flexibility index (Phi) is 6.60. The van der Waals surface area contributed by atoms with Crippen LogP contribution in [0.15, 0.2) is 30.3 Å². The average Bonchev–Trinajstić information content (AvgIpc) is 2.39. The molecule has 0 fully saturated rings. The number of aliphatic hydroxyl groups is 1. The molecule has 104 valence electrons. The van der Waals surface area contributed by atoms with Gasteiger partial charge in [-0.2, -0.15) is 0 Å². The molecule has 1 rings (SSSR count). The van der Waals surface area contributed by atoms with Crippen LogP contribution in [0.5, 0.6) is 0 Å². The number of nitrogens with one attached hydrogen (secondary N) is 2. The summed E-state index contributed by atoms with van der Waals surface area (Å²) in [5.74, 6) is -0.467. The monoisotopic (exact) mass is 264 g/mol. The molecule has 19 heavy (non-hydrogen) atoms. The molecular weight excluding hydrogens is 244 g/mol. The van der Waals surface area contributed by atoms with Crippen molar-refractivity contribution < 1.29 is 14.7 Å². The molecule has 0 saturated carbocycles. The highest BCUT2D eigenvalue weighted by atomic mass is 16.3. The summed E-state index contributed by atoms with van der Waals surface area (Å²) in [6.45, 7) is 1.82. The maximum atomic E-state index is 12.0. The van der Waals surface area contributed by atoms with Gasteiger partial charge in [-0.3, -0.25) is 9.59 Å². The zero-order valence-corrected chi connectivity index (χ0v) is 11.1. The summed E-state index contributed by atoms with van der Waals surface area (Å²) in [6, 6.07) is 8.93. The van der Waals surface area contributed by atoms with Crippen LogP contribution >= 0.6 is 0 Å². The molecule has 0 aromatic heterocycles. The first-order valence-electron chi connectivity index (χ1n) is 6.33. The summed E-state index contributed by atoms with van der Waals surface area (Å²) >= 11 is 0. The van der Waals surface area contributed by atoms with Crippen LogP contribution in [0.1, 0.15) is 18.9 Å². The molecule has 0 saturated heterocycles. The minimum Gasteiger partial charge on any atom is -0.396 e. The quantitative estimate of drug-likeness (QED) is 0.617. The second-order valence-corrected chi connectivity index (χ2v) is 4.31. The van der Waals surface area contributed by atoms with Crippen LogP contribution in [0.25, 0.3) is 0 Å². The third-order valence-electron chi connectivity index (χ3n) is 2.61. The van der Waals surface area contributed by atoms with Gasteiger partial charge in [-0.1, -0.05) is 30.3 Å². The predicted molar refractivity (Wildman–Crippen MR) is 72.5 cm³/mol. The highest BCUT2D eigenvalue weighted by Crippen LogP contribution is 2.03. The molecule has 3 N–H and O–H groups in total. The Labute approximate surface area is 113 Å². The van der Waals surface area contributed by atoms with Crippen LogP contribution in [-0.2, 0) is 16.0 Å². The third kappa shape index (κ3) is 6.01. The van der Waals surface area contributed by atoms with E-state index in [9.17, 15) is 9.59 Å². The van der Waals surface area contributed by atoms with E-state index in [0.717, 1.165) is 5.56 Å². The Morgan fingerprint density at radius 2 is 1.95 bits per heavy atom. The lowest BCUT2D eigenvalue weighted by Gasteiger charge is -2.17. The van der Waals surface area contributed by atoms with E-state index in [2.05, 4.69) is 10.6 Å². The van der Waals surface area contributed by atoms with Crippen LogP contribution in [-0.4, -0.2) is 36.1 Å². The van der Waals surface area contributed by atoms with E-state index in [1.54, 1.807) is 0 Å². The van der Waals surface area contributed by atoms with Crippen molar-refractivity contribution >= 4 is 11.8 Å². The van der Waals surface area contributed by atoms with E-state index in [1.807, 2.05) is 30.3 Å². The Morgan fingerprint density at radius 3 is 2.53 bits per heavy atom. The normalized spacial score (nSPS) is 11.7. The van der Waals surface area contributed by atoms with Gasteiger partial charge in [0.25, 0.3) is 0 Å². The van der Waals surface area contributed by atoms with Crippen LogP contribution < -0.4 is 10.6 Å². The molecule has 0 aliphatic heterocycles. The van der Waals surface area contributed by atoms with Crippen molar-refractivity contribution in [1.29, 1.82) is 0 Å². The summed E-state index contributed by atoms with van der Waals surface area (Å²) < 4.78 is 0. The number of hydrogen-bond acceptors (Lipinski definition) is 3. The fourth-order valence-electron chi connectivity index (χ4n) is 1.72. The molecule has 0 heterocycles. The van der Waals surface area contributed by atoms with Gasteiger partial charge in [0.2, 0.25) is 11.8 Å². The number of amides is 2. The molecule has 0 bridgehead atoms. The van der Waals surface area contributed by atoms with Gasteiger partial charge < -0.3 is 15.7 Å². The van der Waals surface area contributed by atoms with Gasteiger partial charge in [0.1, 0.15) is 6.04 Å². The second kappa shape index (κ2) is 8.26. The van der Waals surface area contributed by atoms with E-state index in [-0.39, 0.29) is 18.4 Å². The predicted octanol–water partition coefficient (Wildman–Crippen LogP) is 0.232. The van der Waals surface area contributed by atoms with Gasteiger partial charge in [-0.05, 0) is 12.0 Å². The summed E-state index contributed by atoms with van der Waals surface area (Å²) in [5, 5.41) is 14.0. The van der Waals surface area contributed by atoms with Gasteiger partial charge in [0.15, 0.2) is 0 Å². The first-order chi connectivity index (χ1) is 9.13. The summed E-state index contributed by atoms with van der Waals surface area (Å²) in [4.78, 5) is 23.1. The molecule has 0 unspecified atom stereocenters. The van der Waals surface area contributed by atoms with Gasteiger partial charge in [0.05, 0.1) is 0 Å². The molecule has 5 nitrogen and oxygen atoms in total. The van der Waals surface area contributed by atoms with Crippen LogP contribution in [0.3, 0.4) is 0 Å². The molecule has 2 amide bonds. The lowest BCUT2D eigenvalue weighted by Crippen LogP contribution is -2.47. The first-order valence-corrected chi connectivity index (χ1v) is 6.33. The van der Waals surface area contributed by atoms with Crippen molar-refractivity contribution in [3.63, 3.8) is 0 Å². The zero-order chi connectivity index (χ0) is 14.1. The van der Waals surface area contributed by atoms with E-state index in [0.29, 0.717) is 19.4 Å². The minimum absolute atomic E-state index is 0.0315. The number of carbonyl (C=O) groups is 2. The molecule has 0 aliphatic rings. The zero-order valence-electron chi connectivity index (χ0n) is 11.1. The molecule has 0 spiro atoms. The van der Waals surface area contributed by atoms with Gasteiger partial charge >= 0.3 is 0 Å². The van der Waals surface area contributed by atoms with Gasteiger partial charge in [0, 0.05) is 26.5 Å². The number of aliphatic hydroxyl groups excluding tert-OH is 1. The van der Waals surface area contributed by atoms with Crippen molar-refractivity contribution in [3.05, 3.63) is 35.9 Å². The molecule has 5 heteroatoms.